The molecule has 194 valence electrons. The van der Waals surface area contributed by atoms with E-state index in [9.17, 15) is 34.4 Å². The summed E-state index contributed by atoms with van der Waals surface area (Å²) in [7, 11) is 0. The first kappa shape index (κ1) is 23.7. The van der Waals surface area contributed by atoms with Crippen LogP contribution in [0.25, 0.3) is 43.7 Å². The van der Waals surface area contributed by atoms with Crippen LogP contribution in [0.1, 0.15) is 26.9 Å². The second-order valence-corrected chi connectivity index (χ2v) is 10.4. The van der Waals surface area contributed by atoms with Crippen LogP contribution in [0.4, 0.5) is 4.39 Å². The van der Waals surface area contributed by atoms with E-state index < -0.39 is 54.9 Å². The van der Waals surface area contributed by atoms with Crippen molar-refractivity contribution in [3.05, 3.63) is 57.8 Å². The summed E-state index contributed by atoms with van der Waals surface area (Å²) in [6.45, 7) is -0.659. The van der Waals surface area contributed by atoms with Gasteiger partial charge in [0.25, 0.3) is 11.8 Å². The number of rotatable bonds is 2. The Morgan fingerprint density at radius 2 is 1.68 bits per heavy atom. The number of aliphatic hydroxyl groups excluding tert-OH is 4. The average molecular weight is 585 g/mol. The van der Waals surface area contributed by atoms with Crippen LogP contribution in [-0.4, -0.2) is 67.8 Å². The number of hydrogen-bond donors (Lipinski definition) is 5. The lowest BCUT2D eigenvalue weighted by molar-refractivity contribution is -0.249. The molecule has 0 saturated carbocycles. The highest BCUT2D eigenvalue weighted by Gasteiger charge is 2.46. The summed E-state index contributed by atoms with van der Waals surface area (Å²) < 4.78 is 28.8. The number of carbonyl (C=O) groups is 2. The van der Waals surface area contributed by atoms with Gasteiger partial charge in [-0.2, -0.15) is 0 Å². The Morgan fingerprint density at radius 3 is 2.42 bits per heavy atom. The van der Waals surface area contributed by atoms with Gasteiger partial charge in [0.05, 0.1) is 28.8 Å². The van der Waals surface area contributed by atoms with Crippen molar-refractivity contribution in [2.24, 2.45) is 0 Å². The number of fused-ring (bicyclic) bond motifs is 10. The monoisotopic (exact) mass is 584 g/mol. The van der Waals surface area contributed by atoms with Crippen LogP contribution in [0, 0.1) is 5.82 Å². The van der Waals surface area contributed by atoms with Crippen LogP contribution in [-0.2, 0) is 4.74 Å². The molecular formula is C26H18BrFN2O8. The zero-order valence-electron chi connectivity index (χ0n) is 19.2. The minimum Gasteiger partial charge on any atom is -0.454 e. The van der Waals surface area contributed by atoms with Crippen molar-refractivity contribution in [1.29, 1.82) is 0 Å². The van der Waals surface area contributed by atoms with Gasteiger partial charge in [0.2, 0.25) is 0 Å². The molecule has 0 aliphatic carbocycles. The van der Waals surface area contributed by atoms with Crippen LogP contribution < -0.4 is 5.32 Å². The maximum Gasteiger partial charge on any atom is 0.259 e. The zero-order valence-corrected chi connectivity index (χ0v) is 20.8. The topological polar surface area (TPSA) is 154 Å². The zero-order chi connectivity index (χ0) is 26.6. The number of amides is 2. The van der Waals surface area contributed by atoms with E-state index in [4.69, 9.17) is 9.15 Å². The molecule has 5 N–H and O–H groups in total. The SMILES string of the molecule is O=C1NC(=O)c2c1c1c3cc(Br)ccc3oc1c1c2c2cc(F)ccc2n1C1O[C@H](CO)[C@@H](O)[C@H](O)[C@H]1O. The number of aliphatic hydroxyl groups is 4. The van der Waals surface area contributed by atoms with Gasteiger partial charge in [-0.1, -0.05) is 15.9 Å². The van der Waals surface area contributed by atoms with E-state index in [-0.39, 0.29) is 33.0 Å². The first-order valence-electron chi connectivity index (χ1n) is 11.7. The summed E-state index contributed by atoms with van der Waals surface area (Å²) in [5.74, 6) is -1.93. The first-order valence-corrected chi connectivity index (χ1v) is 12.5. The van der Waals surface area contributed by atoms with E-state index in [2.05, 4.69) is 21.2 Å². The molecule has 5 aromatic rings. The highest BCUT2D eigenvalue weighted by Crippen LogP contribution is 2.47. The summed E-state index contributed by atoms with van der Waals surface area (Å²) in [4.78, 5) is 26.2. The molecule has 2 aliphatic heterocycles. The van der Waals surface area contributed by atoms with Gasteiger partial charge >= 0.3 is 0 Å². The van der Waals surface area contributed by atoms with E-state index in [1.165, 1.54) is 22.8 Å². The third-order valence-electron chi connectivity index (χ3n) is 7.38. The van der Waals surface area contributed by atoms with Crippen LogP contribution in [0.3, 0.4) is 0 Å². The standard InChI is InChI=1S/C26H18BrFN2O8/c27-8-1-4-13-11(5-8)16-18-17(24(35)29-25(18)36)15-10-6-9(28)2-3-12(10)30(19(15)23(16)37-13)26-22(34)21(33)20(32)14(7-31)38-26/h1-6,14,20-22,26,31-34H,7H2,(H,29,35,36)/t14-,20-,21+,22-,26?/m1/s1. The third kappa shape index (κ3) is 2.98. The van der Waals surface area contributed by atoms with Crippen molar-refractivity contribution in [2.45, 2.75) is 30.6 Å². The van der Waals surface area contributed by atoms with E-state index in [0.717, 1.165) is 0 Å². The molecule has 2 aromatic heterocycles. The lowest BCUT2D eigenvalue weighted by Crippen LogP contribution is -2.56. The Kier molecular flexibility index (Phi) is 5.03. The summed E-state index contributed by atoms with van der Waals surface area (Å²) in [5.41, 5.74) is 1.17. The molecule has 10 nitrogen and oxygen atoms in total. The van der Waals surface area contributed by atoms with Gasteiger partial charge in [0.1, 0.15) is 35.8 Å². The van der Waals surface area contributed by atoms with Crippen LogP contribution in [0.15, 0.2) is 45.3 Å². The molecule has 0 spiro atoms. The van der Waals surface area contributed by atoms with Crippen LogP contribution in [0.2, 0.25) is 0 Å². The number of nitrogens with zero attached hydrogens (tertiary/aromatic N) is 1. The highest BCUT2D eigenvalue weighted by molar-refractivity contribution is 9.10. The second-order valence-electron chi connectivity index (χ2n) is 9.45. The fourth-order valence-electron chi connectivity index (χ4n) is 5.74. The van der Waals surface area contributed by atoms with Gasteiger partial charge in [0, 0.05) is 26.0 Å². The van der Waals surface area contributed by atoms with Gasteiger partial charge < -0.3 is 34.1 Å². The Bertz CT molecular complexity index is 1860. The lowest BCUT2D eigenvalue weighted by Gasteiger charge is -2.41. The maximum absolute atomic E-state index is 14.6. The van der Waals surface area contributed by atoms with Gasteiger partial charge in [-0.15, -0.1) is 0 Å². The number of ether oxygens (including phenoxy) is 1. The lowest BCUT2D eigenvalue weighted by atomic mass is 9.96. The van der Waals surface area contributed by atoms with E-state index in [1.807, 2.05) is 0 Å². The Balaban J connectivity index is 1.72. The number of halogens is 2. The minimum absolute atomic E-state index is 0.0131. The summed E-state index contributed by atoms with van der Waals surface area (Å²) >= 11 is 3.42. The predicted octanol–water partition coefficient (Wildman–Crippen LogP) is 2.45. The molecule has 0 radical (unpaired) electrons. The van der Waals surface area contributed by atoms with Gasteiger partial charge in [-0.3, -0.25) is 14.9 Å². The minimum atomic E-state index is -1.69. The number of hydrogen-bond acceptors (Lipinski definition) is 8. The van der Waals surface area contributed by atoms with Crippen molar-refractivity contribution in [1.82, 2.24) is 9.88 Å². The fraction of sp³-hybridized carbons (Fsp3) is 0.231. The number of nitrogens with one attached hydrogen (secondary N) is 1. The molecule has 1 fully saturated rings. The maximum atomic E-state index is 14.6. The molecular weight excluding hydrogens is 567 g/mol. The molecule has 3 aromatic carbocycles. The van der Waals surface area contributed by atoms with Crippen molar-refractivity contribution < 1.29 is 43.6 Å². The van der Waals surface area contributed by atoms with Crippen LogP contribution >= 0.6 is 15.9 Å². The number of furan rings is 1. The molecule has 7 rings (SSSR count). The van der Waals surface area contributed by atoms with Gasteiger partial charge in [-0.25, -0.2) is 4.39 Å². The molecule has 5 atom stereocenters. The average Bonchev–Trinajstić information content (AvgIpc) is 3.51. The quantitative estimate of drug-likeness (QED) is 0.198. The van der Waals surface area contributed by atoms with E-state index in [1.54, 1.807) is 18.2 Å². The molecule has 4 heterocycles. The van der Waals surface area contributed by atoms with Gasteiger partial charge in [0.15, 0.2) is 11.8 Å². The summed E-state index contributed by atoms with van der Waals surface area (Å²) in [5, 5.41) is 45.3. The highest BCUT2D eigenvalue weighted by atomic mass is 79.9. The summed E-state index contributed by atoms with van der Waals surface area (Å²) in [6, 6.07) is 8.96. The first-order chi connectivity index (χ1) is 18.2. The summed E-state index contributed by atoms with van der Waals surface area (Å²) in [6.07, 6.45) is -7.60. The van der Waals surface area contributed by atoms with Gasteiger partial charge in [-0.05, 0) is 36.4 Å². The smallest absolute Gasteiger partial charge is 0.259 e. The van der Waals surface area contributed by atoms with Crippen molar-refractivity contribution in [3.63, 3.8) is 0 Å². The Morgan fingerprint density at radius 1 is 0.947 bits per heavy atom. The Hall–Kier alpha value is -3.39. The fourth-order valence-corrected chi connectivity index (χ4v) is 6.10. The normalized spacial score (nSPS) is 25.7. The van der Waals surface area contributed by atoms with Crippen molar-refractivity contribution in [3.8, 4) is 0 Å². The number of carbonyl (C=O) groups excluding carboxylic acids is 2. The van der Waals surface area contributed by atoms with Crippen molar-refractivity contribution in [2.75, 3.05) is 6.61 Å². The molecule has 2 amide bonds. The number of benzene rings is 3. The predicted molar refractivity (Wildman–Crippen MR) is 135 cm³/mol. The molecule has 12 heteroatoms. The molecule has 1 saturated heterocycles. The van der Waals surface area contributed by atoms with E-state index in [0.29, 0.717) is 26.3 Å². The van der Waals surface area contributed by atoms with Crippen molar-refractivity contribution >= 4 is 71.5 Å². The molecule has 38 heavy (non-hydrogen) atoms. The molecule has 2 aliphatic rings. The van der Waals surface area contributed by atoms with Crippen LogP contribution in [0.5, 0.6) is 0 Å². The number of imide groups is 1. The second kappa shape index (κ2) is 8.06. The van der Waals surface area contributed by atoms with E-state index >= 15 is 0 Å². The number of aromatic nitrogens is 1. The molecule has 1 unspecified atom stereocenters. The third-order valence-corrected chi connectivity index (χ3v) is 7.88. The Labute approximate surface area is 219 Å². The molecule has 0 bridgehead atoms. The largest absolute Gasteiger partial charge is 0.454 e.